The maximum atomic E-state index is 5.74. The highest BCUT2D eigenvalue weighted by Gasteiger charge is 2.21. The Hall–Kier alpha value is -1.36. The van der Waals surface area contributed by atoms with Crippen LogP contribution in [0, 0.1) is 0 Å². The summed E-state index contributed by atoms with van der Waals surface area (Å²) in [6, 6.07) is 6.66. The van der Waals surface area contributed by atoms with Crippen LogP contribution in [0.1, 0.15) is 25.7 Å². The van der Waals surface area contributed by atoms with E-state index in [0.29, 0.717) is 17.7 Å². The van der Waals surface area contributed by atoms with Gasteiger partial charge in [0.2, 0.25) is 0 Å². The van der Waals surface area contributed by atoms with Gasteiger partial charge in [-0.1, -0.05) is 0 Å². The van der Waals surface area contributed by atoms with E-state index in [9.17, 15) is 0 Å². The number of benzene rings is 1. The van der Waals surface area contributed by atoms with Crippen LogP contribution in [0.15, 0.2) is 22.6 Å². The number of thioether (sulfide) groups is 1. The normalized spacial score (nSPS) is 23.6. The molecule has 1 fully saturated rings. The maximum absolute atomic E-state index is 5.74. The number of hydrogen-bond acceptors (Lipinski definition) is 5. The number of anilines is 2. The number of nitrogen functional groups attached to an aromatic ring is 1. The molecule has 0 saturated heterocycles. The Labute approximate surface area is 117 Å². The molecule has 1 heterocycles. The number of fused-ring (bicyclic) bond motifs is 1. The van der Waals surface area contributed by atoms with Crippen molar-refractivity contribution in [3.63, 3.8) is 0 Å². The Balaban J connectivity index is 1.68. The maximum Gasteiger partial charge on any atom is 0.295 e. The van der Waals surface area contributed by atoms with Crippen molar-refractivity contribution >= 4 is 34.6 Å². The summed E-state index contributed by atoms with van der Waals surface area (Å²) in [4.78, 5) is 4.45. The average molecular weight is 277 g/mol. The van der Waals surface area contributed by atoms with E-state index in [1.54, 1.807) is 0 Å². The number of oxazole rings is 1. The predicted octanol–water partition coefficient (Wildman–Crippen LogP) is 3.50. The van der Waals surface area contributed by atoms with Gasteiger partial charge in [0.05, 0.1) is 0 Å². The molecule has 3 rings (SSSR count). The van der Waals surface area contributed by atoms with Crippen LogP contribution in [0.3, 0.4) is 0 Å². The molecule has 3 N–H and O–H groups in total. The molecule has 1 aromatic carbocycles. The Morgan fingerprint density at radius 3 is 2.84 bits per heavy atom. The Bertz CT molecular complexity index is 561. The molecule has 102 valence electrons. The topological polar surface area (TPSA) is 64.1 Å². The lowest BCUT2D eigenvalue weighted by molar-refractivity contribution is 0.460. The van der Waals surface area contributed by atoms with Crippen LogP contribution in [-0.2, 0) is 0 Å². The zero-order chi connectivity index (χ0) is 13.2. The minimum absolute atomic E-state index is 0.480. The van der Waals surface area contributed by atoms with Crippen LogP contribution in [0.2, 0.25) is 0 Å². The second-order valence-corrected chi connectivity index (χ2v) is 6.24. The highest BCUT2D eigenvalue weighted by molar-refractivity contribution is 7.99. The van der Waals surface area contributed by atoms with Crippen LogP contribution in [-0.4, -0.2) is 22.5 Å². The highest BCUT2D eigenvalue weighted by atomic mass is 32.2. The first-order chi connectivity index (χ1) is 9.24. The first-order valence-corrected chi connectivity index (χ1v) is 7.99. The van der Waals surface area contributed by atoms with Gasteiger partial charge in [0.15, 0.2) is 5.58 Å². The molecule has 1 saturated carbocycles. The Kier molecular flexibility index (Phi) is 3.55. The molecule has 0 unspecified atom stereocenters. The van der Waals surface area contributed by atoms with Crippen molar-refractivity contribution in [2.45, 2.75) is 37.0 Å². The van der Waals surface area contributed by atoms with Gasteiger partial charge in [-0.15, -0.1) is 0 Å². The van der Waals surface area contributed by atoms with E-state index in [1.807, 2.05) is 30.0 Å². The highest BCUT2D eigenvalue weighted by Crippen LogP contribution is 2.29. The fraction of sp³-hybridized carbons (Fsp3) is 0.500. The van der Waals surface area contributed by atoms with Crippen molar-refractivity contribution in [3.8, 4) is 0 Å². The lowest BCUT2D eigenvalue weighted by Gasteiger charge is -2.27. The van der Waals surface area contributed by atoms with E-state index < -0.39 is 0 Å². The van der Waals surface area contributed by atoms with Crippen LogP contribution in [0.4, 0.5) is 11.7 Å². The standard InChI is InChI=1S/C14H19N3OS/c1-19-11-5-3-10(4-6-11)16-14-17-12-7-2-9(15)8-13(12)18-14/h2,7-8,10-11H,3-6,15H2,1H3,(H,16,17). The molecular weight excluding hydrogens is 258 g/mol. The largest absolute Gasteiger partial charge is 0.423 e. The average Bonchev–Trinajstić information content (AvgIpc) is 2.81. The van der Waals surface area contributed by atoms with E-state index in [-0.39, 0.29) is 0 Å². The zero-order valence-electron chi connectivity index (χ0n) is 11.1. The van der Waals surface area contributed by atoms with Gasteiger partial charge in [0.25, 0.3) is 6.01 Å². The molecule has 1 aliphatic rings. The summed E-state index contributed by atoms with van der Waals surface area (Å²) in [7, 11) is 0. The molecule has 1 aromatic heterocycles. The number of nitrogens with two attached hydrogens (primary N) is 1. The molecule has 4 nitrogen and oxygen atoms in total. The Morgan fingerprint density at radius 1 is 1.32 bits per heavy atom. The monoisotopic (exact) mass is 277 g/mol. The van der Waals surface area contributed by atoms with Crippen molar-refractivity contribution < 1.29 is 4.42 Å². The summed E-state index contributed by atoms with van der Waals surface area (Å²) in [5.74, 6) is 0. The molecule has 1 aliphatic carbocycles. The van der Waals surface area contributed by atoms with E-state index in [2.05, 4.69) is 16.6 Å². The van der Waals surface area contributed by atoms with Crippen molar-refractivity contribution in [3.05, 3.63) is 18.2 Å². The lowest BCUT2D eigenvalue weighted by atomic mass is 9.95. The minimum Gasteiger partial charge on any atom is -0.423 e. The summed E-state index contributed by atoms with van der Waals surface area (Å²) < 4.78 is 5.70. The molecule has 0 radical (unpaired) electrons. The summed E-state index contributed by atoms with van der Waals surface area (Å²) in [5, 5.41) is 4.23. The molecule has 0 amide bonds. The van der Waals surface area contributed by atoms with Gasteiger partial charge in [0.1, 0.15) is 5.52 Å². The van der Waals surface area contributed by atoms with Crippen molar-refractivity contribution in [2.75, 3.05) is 17.3 Å². The second kappa shape index (κ2) is 5.33. The third-order valence-electron chi connectivity index (χ3n) is 3.75. The third kappa shape index (κ3) is 2.81. The molecule has 0 aliphatic heterocycles. The predicted molar refractivity (Wildman–Crippen MR) is 81.6 cm³/mol. The first kappa shape index (κ1) is 12.7. The van der Waals surface area contributed by atoms with Crippen LogP contribution >= 0.6 is 11.8 Å². The zero-order valence-corrected chi connectivity index (χ0v) is 11.9. The molecule has 5 heteroatoms. The molecule has 0 atom stereocenters. The summed E-state index contributed by atoms with van der Waals surface area (Å²) >= 11 is 1.98. The van der Waals surface area contributed by atoms with E-state index >= 15 is 0 Å². The van der Waals surface area contributed by atoms with Gasteiger partial charge >= 0.3 is 0 Å². The number of hydrogen-bond donors (Lipinski definition) is 2. The molecule has 0 bridgehead atoms. The molecule has 0 spiro atoms. The molecular formula is C14H19N3OS. The number of nitrogens with zero attached hydrogens (tertiary/aromatic N) is 1. The molecule has 2 aromatic rings. The summed E-state index contributed by atoms with van der Waals surface area (Å²) in [6.07, 6.45) is 7.11. The number of aromatic nitrogens is 1. The third-order valence-corrected chi connectivity index (χ3v) is 4.89. The quantitative estimate of drug-likeness (QED) is 0.841. The van der Waals surface area contributed by atoms with Crippen molar-refractivity contribution in [2.24, 2.45) is 0 Å². The summed E-state index contributed by atoms with van der Waals surface area (Å²) in [5.41, 5.74) is 8.05. The van der Waals surface area contributed by atoms with Crippen LogP contribution < -0.4 is 11.1 Å². The van der Waals surface area contributed by atoms with Gasteiger partial charge in [0, 0.05) is 23.0 Å². The summed E-state index contributed by atoms with van der Waals surface area (Å²) in [6.45, 7) is 0. The smallest absolute Gasteiger partial charge is 0.295 e. The van der Waals surface area contributed by atoms with E-state index in [1.165, 1.54) is 25.7 Å². The van der Waals surface area contributed by atoms with Crippen molar-refractivity contribution in [1.82, 2.24) is 4.98 Å². The van der Waals surface area contributed by atoms with Crippen LogP contribution in [0.5, 0.6) is 0 Å². The second-order valence-electron chi connectivity index (χ2n) is 5.10. The van der Waals surface area contributed by atoms with Crippen molar-refractivity contribution in [1.29, 1.82) is 0 Å². The van der Waals surface area contributed by atoms with Gasteiger partial charge in [-0.25, -0.2) is 0 Å². The number of rotatable bonds is 3. The first-order valence-electron chi connectivity index (χ1n) is 6.70. The Morgan fingerprint density at radius 2 is 2.11 bits per heavy atom. The minimum atomic E-state index is 0.480. The fourth-order valence-corrected chi connectivity index (χ4v) is 3.36. The fourth-order valence-electron chi connectivity index (χ4n) is 2.62. The van der Waals surface area contributed by atoms with Gasteiger partial charge in [-0.05, 0) is 44.1 Å². The van der Waals surface area contributed by atoms with Gasteiger partial charge < -0.3 is 15.5 Å². The van der Waals surface area contributed by atoms with E-state index in [4.69, 9.17) is 10.2 Å². The SMILES string of the molecule is CSC1CCC(Nc2nc3ccc(N)cc3o2)CC1. The van der Waals surface area contributed by atoms with Gasteiger partial charge in [-0.3, -0.25) is 0 Å². The van der Waals surface area contributed by atoms with Gasteiger partial charge in [-0.2, -0.15) is 16.7 Å². The number of nitrogens with one attached hydrogen (secondary N) is 1. The molecule has 19 heavy (non-hydrogen) atoms. The lowest BCUT2D eigenvalue weighted by Crippen LogP contribution is -2.27. The van der Waals surface area contributed by atoms with E-state index in [0.717, 1.165) is 16.3 Å². The van der Waals surface area contributed by atoms with Crippen LogP contribution in [0.25, 0.3) is 11.1 Å².